The molecule has 116 valence electrons. The highest BCUT2D eigenvalue weighted by molar-refractivity contribution is 5.10. The topological polar surface area (TPSA) is 55.9 Å². The zero-order valence-electron chi connectivity index (χ0n) is 13.4. The van der Waals surface area contributed by atoms with E-state index < -0.39 is 6.10 Å². The highest BCUT2D eigenvalue weighted by Crippen LogP contribution is 2.21. The summed E-state index contributed by atoms with van der Waals surface area (Å²) >= 11 is 0. The van der Waals surface area contributed by atoms with E-state index >= 15 is 0 Å². The van der Waals surface area contributed by atoms with Crippen LogP contribution in [0.1, 0.15) is 70.1 Å². The molecule has 0 radical (unpaired) electrons. The first-order chi connectivity index (χ1) is 10.1. The van der Waals surface area contributed by atoms with E-state index in [1.54, 1.807) is 12.5 Å². The molecule has 2 aromatic rings. The van der Waals surface area contributed by atoms with Crippen LogP contribution in [0.4, 0.5) is 0 Å². The van der Waals surface area contributed by atoms with Gasteiger partial charge in [-0.3, -0.25) is 4.68 Å². The predicted molar refractivity (Wildman–Crippen MR) is 83.1 cm³/mol. The van der Waals surface area contributed by atoms with E-state index in [0.717, 1.165) is 24.2 Å². The Morgan fingerprint density at radius 2 is 1.95 bits per heavy atom. The third-order valence-electron chi connectivity index (χ3n) is 3.98. The minimum Gasteiger partial charge on any atom is -0.386 e. The van der Waals surface area contributed by atoms with Crippen LogP contribution < -0.4 is 0 Å². The molecule has 0 aliphatic rings. The summed E-state index contributed by atoms with van der Waals surface area (Å²) in [6.07, 6.45) is 7.61. The van der Waals surface area contributed by atoms with Gasteiger partial charge in [-0.25, -0.2) is 4.98 Å². The fraction of sp³-hybridized carbons (Fsp3) is 0.625. The van der Waals surface area contributed by atoms with Gasteiger partial charge in [0.25, 0.3) is 0 Å². The summed E-state index contributed by atoms with van der Waals surface area (Å²) in [6, 6.07) is 2.73. The third kappa shape index (κ3) is 3.53. The lowest BCUT2D eigenvalue weighted by Gasteiger charge is -2.16. The minimum atomic E-state index is -0.569. The largest absolute Gasteiger partial charge is 0.386 e. The normalized spacial score (nSPS) is 13.3. The van der Waals surface area contributed by atoms with Crippen molar-refractivity contribution >= 4 is 0 Å². The molecule has 2 heterocycles. The van der Waals surface area contributed by atoms with Crippen LogP contribution in [0.3, 0.4) is 0 Å². The molecule has 0 amide bonds. The molecule has 0 aliphatic carbocycles. The van der Waals surface area contributed by atoms with E-state index in [4.69, 9.17) is 0 Å². The average Bonchev–Trinajstić information content (AvgIpc) is 3.09. The molecule has 1 atom stereocenters. The second-order valence-electron chi connectivity index (χ2n) is 5.80. The Balaban J connectivity index is 2.09. The van der Waals surface area contributed by atoms with Gasteiger partial charge in [0.05, 0.1) is 30.0 Å². The molecule has 0 aromatic carbocycles. The number of aliphatic hydroxyl groups is 1. The lowest BCUT2D eigenvalue weighted by Crippen LogP contribution is -2.12. The molecule has 0 spiro atoms. The van der Waals surface area contributed by atoms with Gasteiger partial charge in [-0.2, -0.15) is 5.10 Å². The fourth-order valence-electron chi connectivity index (χ4n) is 2.66. The molecule has 0 bridgehead atoms. The minimum absolute atomic E-state index is 0.291. The SMILES string of the molecule is CCC(CC)n1ccc(CC(O)c2cncn2C(C)C)n1. The summed E-state index contributed by atoms with van der Waals surface area (Å²) in [7, 11) is 0. The fourth-order valence-corrected chi connectivity index (χ4v) is 2.66. The molecule has 2 rings (SSSR count). The number of imidazole rings is 1. The molecular weight excluding hydrogens is 264 g/mol. The van der Waals surface area contributed by atoms with Crippen LogP contribution in [0, 0.1) is 0 Å². The van der Waals surface area contributed by atoms with Crippen molar-refractivity contribution in [2.24, 2.45) is 0 Å². The van der Waals surface area contributed by atoms with Gasteiger partial charge in [-0.15, -0.1) is 0 Å². The Morgan fingerprint density at radius 3 is 2.57 bits per heavy atom. The van der Waals surface area contributed by atoms with E-state index in [0.29, 0.717) is 18.5 Å². The van der Waals surface area contributed by atoms with Crippen LogP contribution in [0.25, 0.3) is 0 Å². The van der Waals surface area contributed by atoms with E-state index in [1.165, 1.54) is 0 Å². The average molecular weight is 290 g/mol. The monoisotopic (exact) mass is 290 g/mol. The van der Waals surface area contributed by atoms with Crippen molar-refractivity contribution in [2.45, 2.75) is 65.1 Å². The van der Waals surface area contributed by atoms with Crippen molar-refractivity contribution in [1.82, 2.24) is 19.3 Å². The summed E-state index contributed by atoms with van der Waals surface area (Å²) in [5.74, 6) is 0. The van der Waals surface area contributed by atoms with Crippen molar-refractivity contribution in [3.05, 3.63) is 36.2 Å². The van der Waals surface area contributed by atoms with Gasteiger partial charge >= 0.3 is 0 Å². The van der Waals surface area contributed by atoms with Gasteiger partial charge in [-0.1, -0.05) is 13.8 Å². The van der Waals surface area contributed by atoms with Gasteiger partial charge in [0.1, 0.15) is 6.10 Å². The molecular formula is C16H26N4O. The first kappa shape index (κ1) is 15.8. The smallest absolute Gasteiger partial charge is 0.101 e. The van der Waals surface area contributed by atoms with Crippen LogP contribution in [0.2, 0.25) is 0 Å². The standard InChI is InChI=1S/C16H26N4O/c1-5-14(6-2)20-8-7-13(18-20)9-16(21)15-10-17-11-19(15)12(3)4/h7-8,10-12,14,16,21H,5-6,9H2,1-4H3. The van der Waals surface area contributed by atoms with E-state index in [-0.39, 0.29) is 0 Å². The molecule has 5 heteroatoms. The van der Waals surface area contributed by atoms with Crippen LogP contribution in [-0.4, -0.2) is 24.4 Å². The van der Waals surface area contributed by atoms with Gasteiger partial charge in [0, 0.05) is 18.7 Å². The zero-order valence-corrected chi connectivity index (χ0v) is 13.4. The lowest BCUT2D eigenvalue weighted by molar-refractivity contribution is 0.165. The first-order valence-electron chi connectivity index (χ1n) is 7.80. The summed E-state index contributed by atoms with van der Waals surface area (Å²) < 4.78 is 4.02. The predicted octanol–water partition coefficient (Wildman–Crippen LogP) is 3.30. The number of aromatic nitrogens is 4. The van der Waals surface area contributed by atoms with Crippen molar-refractivity contribution in [2.75, 3.05) is 0 Å². The number of hydrogen-bond acceptors (Lipinski definition) is 3. The summed E-state index contributed by atoms with van der Waals surface area (Å²) in [6.45, 7) is 8.51. The summed E-state index contributed by atoms with van der Waals surface area (Å²) in [4.78, 5) is 4.14. The van der Waals surface area contributed by atoms with Crippen molar-refractivity contribution < 1.29 is 5.11 Å². The molecule has 0 saturated heterocycles. The van der Waals surface area contributed by atoms with Gasteiger partial charge in [0.2, 0.25) is 0 Å². The first-order valence-corrected chi connectivity index (χ1v) is 7.80. The Morgan fingerprint density at radius 1 is 1.24 bits per heavy atom. The van der Waals surface area contributed by atoms with Crippen LogP contribution in [0.5, 0.6) is 0 Å². The van der Waals surface area contributed by atoms with Crippen LogP contribution in [0.15, 0.2) is 24.8 Å². The molecule has 0 saturated carbocycles. The molecule has 5 nitrogen and oxygen atoms in total. The number of aliphatic hydroxyl groups excluding tert-OH is 1. The quantitative estimate of drug-likeness (QED) is 0.851. The molecule has 1 unspecified atom stereocenters. The van der Waals surface area contributed by atoms with E-state index in [2.05, 4.69) is 37.8 Å². The summed E-state index contributed by atoms with van der Waals surface area (Å²) in [5.41, 5.74) is 1.77. The van der Waals surface area contributed by atoms with E-state index in [9.17, 15) is 5.11 Å². The number of nitrogens with zero attached hydrogens (tertiary/aromatic N) is 4. The molecule has 2 aromatic heterocycles. The van der Waals surface area contributed by atoms with Crippen LogP contribution >= 0.6 is 0 Å². The lowest BCUT2D eigenvalue weighted by atomic mass is 10.1. The highest BCUT2D eigenvalue weighted by Gasteiger charge is 2.17. The Bertz CT molecular complexity index is 554. The Kier molecular flexibility index (Phi) is 5.17. The van der Waals surface area contributed by atoms with Gasteiger partial charge < -0.3 is 9.67 Å². The van der Waals surface area contributed by atoms with Gasteiger partial charge in [-0.05, 0) is 32.8 Å². The second kappa shape index (κ2) is 6.89. The second-order valence-corrected chi connectivity index (χ2v) is 5.80. The third-order valence-corrected chi connectivity index (χ3v) is 3.98. The van der Waals surface area contributed by atoms with Crippen molar-refractivity contribution in [1.29, 1.82) is 0 Å². The maximum Gasteiger partial charge on any atom is 0.101 e. The Hall–Kier alpha value is -1.62. The number of hydrogen-bond donors (Lipinski definition) is 1. The highest BCUT2D eigenvalue weighted by atomic mass is 16.3. The summed E-state index contributed by atoms with van der Waals surface area (Å²) in [5, 5.41) is 15.0. The maximum absolute atomic E-state index is 10.4. The number of rotatable bonds is 7. The molecule has 21 heavy (non-hydrogen) atoms. The maximum atomic E-state index is 10.4. The molecule has 0 fully saturated rings. The van der Waals surface area contributed by atoms with Gasteiger partial charge in [0.15, 0.2) is 0 Å². The van der Waals surface area contributed by atoms with E-state index in [1.807, 2.05) is 21.5 Å². The zero-order chi connectivity index (χ0) is 15.4. The molecule has 0 aliphatic heterocycles. The Labute approximate surface area is 126 Å². The molecule has 1 N–H and O–H groups in total. The van der Waals surface area contributed by atoms with Crippen molar-refractivity contribution in [3.63, 3.8) is 0 Å². The van der Waals surface area contributed by atoms with Crippen LogP contribution in [-0.2, 0) is 6.42 Å². The van der Waals surface area contributed by atoms with Crippen molar-refractivity contribution in [3.8, 4) is 0 Å².